The van der Waals surface area contributed by atoms with E-state index in [-0.39, 0.29) is 18.0 Å². The molecule has 0 aliphatic carbocycles. The van der Waals surface area contributed by atoms with Crippen LogP contribution in [0.2, 0.25) is 0 Å². The molecule has 0 saturated carbocycles. The van der Waals surface area contributed by atoms with E-state index < -0.39 is 0 Å². The van der Waals surface area contributed by atoms with Gasteiger partial charge in [0.15, 0.2) is 0 Å². The predicted octanol–water partition coefficient (Wildman–Crippen LogP) is 1.98. The van der Waals surface area contributed by atoms with Crippen molar-refractivity contribution in [2.24, 2.45) is 0 Å². The van der Waals surface area contributed by atoms with E-state index in [1.165, 1.54) is 0 Å². The molecule has 0 spiro atoms. The minimum Gasteiger partial charge on any atom is -0.494 e. The summed E-state index contributed by atoms with van der Waals surface area (Å²) < 4.78 is 10.7. The molecule has 2 rings (SSSR count). The summed E-state index contributed by atoms with van der Waals surface area (Å²) in [5, 5.41) is 3.37. The summed E-state index contributed by atoms with van der Waals surface area (Å²) in [5.41, 5.74) is 1.14. The van der Waals surface area contributed by atoms with Gasteiger partial charge in [-0.1, -0.05) is 12.1 Å². The monoisotopic (exact) mass is 306 g/mol. The molecule has 1 saturated heterocycles. The number of hydrogen-bond donors (Lipinski definition) is 1. The maximum Gasteiger partial charge on any atom is 0.239 e. The average molecular weight is 306 g/mol. The van der Waals surface area contributed by atoms with Gasteiger partial charge >= 0.3 is 0 Å². The average Bonchev–Trinajstić information content (AvgIpc) is 2.55. The molecule has 0 aromatic heterocycles. The minimum absolute atomic E-state index is 0.107. The van der Waals surface area contributed by atoms with Crippen molar-refractivity contribution in [1.29, 1.82) is 0 Å². The highest BCUT2D eigenvalue weighted by Gasteiger charge is 2.23. The molecule has 1 aliphatic heterocycles. The van der Waals surface area contributed by atoms with Crippen LogP contribution >= 0.6 is 0 Å². The van der Waals surface area contributed by atoms with Gasteiger partial charge in [-0.05, 0) is 38.5 Å². The van der Waals surface area contributed by atoms with Gasteiger partial charge in [0.05, 0.1) is 25.9 Å². The molecule has 122 valence electrons. The van der Waals surface area contributed by atoms with Crippen LogP contribution in [0.3, 0.4) is 0 Å². The van der Waals surface area contributed by atoms with Crippen molar-refractivity contribution in [2.45, 2.75) is 32.9 Å². The molecule has 0 radical (unpaired) electrons. The highest BCUT2D eigenvalue weighted by Crippen LogP contribution is 2.18. The first-order valence-corrected chi connectivity index (χ1v) is 7.97. The molecule has 1 aromatic rings. The fraction of sp³-hybridized carbons (Fsp3) is 0.588. The van der Waals surface area contributed by atoms with Crippen LogP contribution in [0, 0.1) is 0 Å². The van der Waals surface area contributed by atoms with Crippen LogP contribution in [0.25, 0.3) is 0 Å². The van der Waals surface area contributed by atoms with Gasteiger partial charge in [0.2, 0.25) is 5.91 Å². The summed E-state index contributed by atoms with van der Waals surface area (Å²) in [6, 6.07) is 7.90. The first-order valence-electron chi connectivity index (χ1n) is 7.97. The van der Waals surface area contributed by atoms with Crippen LogP contribution in [0.4, 0.5) is 0 Å². The second kappa shape index (κ2) is 8.15. The van der Waals surface area contributed by atoms with E-state index in [1.807, 2.05) is 43.0 Å². The molecular formula is C17H26N2O3. The van der Waals surface area contributed by atoms with Gasteiger partial charge in [-0.2, -0.15) is 0 Å². The van der Waals surface area contributed by atoms with E-state index in [0.717, 1.165) is 11.3 Å². The van der Waals surface area contributed by atoms with Crippen molar-refractivity contribution in [3.8, 4) is 5.75 Å². The van der Waals surface area contributed by atoms with E-state index in [9.17, 15) is 4.79 Å². The molecule has 5 heteroatoms. The highest BCUT2D eigenvalue weighted by molar-refractivity contribution is 5.81. The van der Waals surface area contributed by atoms with Crippen molar-refractivity contribution in [3.05, 3.63) is 29.8 Å². The van der Waals surface area contributed by atoms with Gasteiger partial charge in [0.25, 0.3) is 0 Å². The Morgan fingerprint density at radius 3 is 2.50 bits per heavy atom. The van der Waals surface area contributed by atoms with Crippen LogP contribution < -0.4 is 10.1 Å². The van der Waals surface area contributed by atoms with Gasteiger partial charge in [-0.3, -0.25) is 10.1 Å². The number of amides is 1. The lowest BCUT2D eigenvalue weighted by atomic mass is 10.1. The Labute approximate surface area is 132 Å². The maximum atomic E-state index is 12.4. The van der Waals surface area contributed by atoms with Crippen LogP contribution in [0.5, 0.6) is 5.75 Å². The van der Waals surface area contributed by atoms with Crippen LogP contribution in [-0.2, 0) is 9.53 Å². The third-order valence-electron chi connectivity index (χ3n) is 3.88. The second-order valence-electron chi connectivity index (χ2n) is 5.55. The summed E-state index contributed by atoms with van der Waals surface area (Å²) in [4.78, 5) is 14.3. The van der Waals surface area contributed by atoms with Gasteiger partial charge in [-0.15, -0.1) is 0 Å². The summed E-state index contributed by atoms with van der Waals surface area (Å²) in [7, 11) is 0. The molecular weight excluding hydrogens is 280 g/mol. The van der Waals surface area contributed by atoms with Crippen molar-refractivity contribution in [3.63, 3.8) is 0 Å². The predicted molar refractivity (Wildman–Crippen MR) is 86.0 cm³/mol. The first kappa shape index (κ1) is 16.8. The molecule has 1 amide bonds. The van der Waals surface area contributed by atoms with Crippen molar-refractivity contribution < 1.29 is 14.3 Å². The normalized spacial score (nSPS) is 17.9. The molecule has 1 aliphatic rings. The van der Waals surface area contributed by atoms with E-state index >= 15 is 0 Å². The molecule has 0 unspecified atom stereocenters. The van der Waals surface area contributed by atoms with Gasteiger partial charge in [-0.25, -0.2) is 0 Å². The van der Waals surface area contributed by atoms with Crippen LogP contribution in [0.1, 0.15) is 32.4 Å². The zero-order valence-corrected chi connectivity index (χ0v) is 13.7. The van der Waals surface area contributed by atoms with Crippen molar-refractivity contribution in [2.75, 3.05) is 32.9 Å². The maximum absolute atomic E-state index is 12.4. The number of rotatable bonds is 6. The number of ether oxygens (including phenoxy) is 2. The Morgan fingerprint density at radius 1 is 1.27 bits per heavy atom. The van der Waals surface area contributed by atoms with E-state index in [0.29, 0.717) is 32.9 Å². The summed E-state index contributed by atoms with van der Waals surface area (Å²) in [6.45, 7) is 9.25. The largest absolute Gasteiger partial charge is 0.494 e. The Balaban J connectivity index is 1.89. The van der Waals surface area contributed by atoms with Crippen molar-refractivity contribution >= 4 is 5.91 Å². The molecule has 2 atom stereocenters. The zero-order valence-electron chi connectivity index (χ0n) is 13.7. The molecule has 5 nitrogen and oxygen atoms in total. The van der Waals surface area contributed by atoms with Gasteiger partial charge in [0, 0.05) is 19.1 Å². The van der Waals surface area contributed by atoms with E-state index in [2.05, 4.69) is 12.2 Å². The van der Waals surface area contributed by atoms with Gasteiger partial charge in [0.1, 0.15) is 5.75 Å². The fourth-order valence-electron chi connectivity index (χ4n) is 2.62. The summed E-state index contributed by atoms with van der Waals surface area (Å²) in [6.07, 6.45) is 0. The number of carbonyl (C=O) groups excluding carboxylic acids is 1. The topological polar surface area (TPSA) is 50.8 Å². The SMILES string of the molecule is CCOc1ccc([C@@H](C)N[C@@H](C)C(=O)N2CCOCC2)cc1. The van der Waals surface area contributed by atoms with Crippen molar-refractivity contribution in [1.82, 2.24) is 10.2 Å². The van der Waals surface area contributed by atoms with Crippen LogP contribution in [-0.4, -0.2) is 49.8 Å². The summed E-state index contributed by atoms with van der Waals surface area (Å²) in [5.74, 6) is 1.01. The lowest BCUT2D eigenvalue weighted by molar-refractivity contribution is -0.137. The molecule has 1 fully saturated rings. The highest BCUT2D eigenvalue weighted by atomic mass is 16.5. The Kier molecular flexibility index (Phi) is 6.21. The standard InChI is InChI=1S/C17H26N2O3/c1-4-22-16-7-5-15(6-8-16)13(2)18-14(3)17(20)19-9-11-21-12-10-19/h5-8,13-14,18H,4,9-12H2,1-3H3/t13-,14+/m1/s1. The summed E-state index contributed by atoms with van der Waals surface area (Å²) >= 11 is 0. The lowest BCUT2D eigenvalue weighted by Gasteiger charge is -2.30. The molecule has 0 bridgehead atoms. The third kappa shape index (κ3) is 4.45. The Hall–Kier alpha value is -1.59. The van der Waals surface area contributed by atoms with Gasteiger partial charge < -0.3 is 14.4 Å². The molecule has 1 aromatic carbocycles. The number of nitrogens with one attached hydrogen (secondary N) is 1. The molecule has 22 heavy (non-hydrogen) atoms. The smallest absolute Gasteiger partial charge is 0.239 e. The van der Waals surface area contributed by atoms with Crippen LogP contribution in [0.15, 0.2) is 24.3 Å². The van der Waals surface area contributed by atoms with E-state index in [4.69, 9.17) is 9.47 Å². The molecule has 1 N–H and O–H groups in total. The third-order valence-corrected chi connectivity index (χ3v) is 3.88. The van der Waals surface area contributed by atoms with E-state index in [1.54, 1.807) is 0 Å². The number of morpholine rings is 1. The Bertz CT molecular complexity index is 469. The lowest BCUT2D eigenvalue weighted by Crippen LogP contribution is -2.49. The number of carbonyl (C=O) groups is 1. The number of nitrogens with zero attached hydrogens (tertiary/aromatic N) is 1. The minimum atomic E-state index is -0.209. The zero-order chi connectivity index (χ0) is 15.9. The fourth-order valence-corrected chi connectivity index (χ4v) is 2.62. The first-order chi connectivity index (χ1) is 10.6. The number of hydrogen-bond acceptors (Lipinski definition) is 4. The second-order valence-corrected chi connectivity index (χ2v) is 5.55. The Morgan fingerprint density at radius 2 is 1.91 bits per heavy atom. The number of benzene rings is 1. The quantitative estimate of drug-likeness (QED) is 0.873. The molecule has 1 heterocycles.